The fraction of sp³-hybridized carbons (Fsp3) is 0.250. The average Bonchev–Trinajstić information content (AvgIpc) is 3.23. The van der Waals surface area contributed by atoms with Gasteiger partial charge in [0.25, 0.3) is 0 Å². The molecular weight excluding hydrogens is 312 g/mol. The number of hydrogen-bond donors (Lipinski definition) is 2. The van der Waals surface area contributed by atoms with E-state index >= 15 is 0 Å². The zero-order chi connectivity index (χ0) is 16.2. The number of carbonyl (C=O) groups excluding carboxylic acids is 1. The zero-order valence-electron chi connectivity index (χ0n) is 12.9. The van der Waals surface area contributed by atoms with Gasteiger partial charge in [-0.3, -0.25) is 10.00 Å². The van der Waals surface area contributed by atoms with Crippen LogP contribution in [0.5, 0.6) is 0 Å². The summed E-state index contributed by atoms with van der Waals surface area (Å²) in [4.78, 5) is 12.0. The van der Waals surface area contributed by atoms with Crippen molar-refractivity contribution < 1.29 is 9.21 Å². The van der Waals surface area contributed by atoms with Gasteiger partial charge in [-0.1, -0.05) is 0 Å². The fourth-order valence-electron chi connectivity index (χ4n) is 2.45. The van der Waals surface area contributed by atoms with E-state index in [9.17, 15) is 4.79 Å². The van der Waals surface area contributed by atoms with Crippen molar-refractivity contribution in [2.24, 2.45) is 0 Å². The molecule has 120 valence electrons. The summed E-state index contributed by atoms with van der Waals surface area (Å²) in [5.74, 6) is 0.757. The van der Waals surface area contributed by atoms with Crippen LogP contribution in [0.25, 0.3) is 0 Å². The molecule has 0 aliphatic heterocycles. The van der Waals surface area contributed by atoms with Crippen molar-refractivity contribution in [3.05, 3.63) is 59.1 Å². The lowest BCUT2D eigenvalue weighted by Crippen LogP contribution is -2.34. The van der Waals surface area contributed by atoms with Gasteiger partial charge in [0.2, 0.25) is 0 Å². The average molecular weight is 330 g/mol. The molecule has 0 aliphatic carbocycles. The molecule has 0 saturated heterocycles. The number of nitrogens with one attached hydrogen (secondary N) is 2. The Hall–Kier alpha value is -2.54. The number of furan rings is 1. The summed E-state index contributed by atoms with van der Waals surface area (Å²) < 4.78 is 7.40. The molecule has 6 nitrogen and oxygen atoms in total. The first-order valence-electron chi connectivity index (χ1n) is 7.28. The molecule has 0 saturated carbocycles. The van der Waals surface area contributed by atoms with Gasteiger partial charge >= 0.3 is 6.03 Å². The number of aromatic nitrogens is 2. The molecule has 7 heteroatoms. The Kier molecular flexibility index (Phi) is 4.47. The molecule has 0 radical (unpaired) electrons. The first-order valence-corrected chi connectivity index (χ1v) is 8.16. The Bertz CT molecular complexity index is 762. The van der Waals surface area contributed by atoms with Gasteiger partial charge < -0.3 is 9.73 Å². The molecule has 0 unspecified atom stereocenters. The molecule has 3 aromatic rings. The van der Waals surface area contributed by atoms with E-state index in [4.69, 9.17) is 4.42 Å². The Morgan fingerprint density at radius 1 is 1.39 bits per heavy atom. The highest BCUT2D eigenvalue weighted by Gasteiger charge is 2.20. The van der Waals surface area contributed by atoms with Crippen molar-refractivity contribution in [3.63, 3.8) is 0 Å². The van der Waals surface area contributed by atoms with Gasteiger partial charge in [0.05, 0.1) is 17.0 Å². The van der Waals surface area contributed by atoms with Crippen LogP contribution in [-0.2, 0) is 0 Å². The molecule has 2 amide bonds. The minimum absolute atomic E-state index is 0.187. The van der Waals surface area contributed by atoms with Crippen LogP contribution in [0.4, 0.5) is 9.80 Å². The highest BCUT2D eigenvalue weighted by atomic mass is 32.1. The normalized spacial score (nSPS) is 12.1. The molecule has 2 N–H and O–H groups in total. The number of urea groups is 1. The molecule has 3 heterocycles. The zero-order valence-corrected chi connectivity index (χ0v) is 13.8. The van der Waals surface area contributed by atoms with Crippen LogP contribution >= 0.6 is 11.3 Å². The molecule has 0 spiro atoms. The number of thiophene rings is 1. The lowest BCUT2D eigenvalue weighted by molar-refractivity contribution is 0.250. The van der Waals surface area contributed by atoms with Crippen molar-refractivity contribution in [3.8, 4) is 0 Å². The van der Waals surface area contributed by atoms with Crippen molar-refractivity contribution >= 4 is 22.4 Å². The van der Waals surface area contributed by atoms with Crippen molar-refractivity contribution in [2.75, 3.05) is 11.9 Å². The third-order valence-corrected chi connectivity index (χ3v) is 4.21. The summed E-state index contributed by atoms with van der Waals surface area (Å²) in [6.07, 6.45) is 1.62. The standard InChI is InChI=1S/C16H18N4O2S/c1-11-9-12(2)20(19-11)13(14-5-3-7-22-14)10-17-16(21)18-15-6-4-8-23-15/h3-9,13H,10H2,1-2H3,(H2,17,18,21)/t13-/m1/s1. The van der Waals surface area contributed by atoms with Crippen LogP contribution in [0.3, 0.4) is 0 Å². The van der Waals surface area contributed by atoms with Gasteiger partial charge in [-0.2, -0.15) is 5.10 Å². The lowest BCUT2D eigenvalue weighted by atomic mass is 10.2. The highest BCUT2D eigenvalue weighted by Crippen LogP contribution is 2.20. The first-order chi connectivity index (χ1) is 11.1. The molecule has 0 bridgehead atoms. The Labute approximate surface area is 138 Å². The van der Waals surface area contributed by atoms with Gasteiger partial charge in [-0.25, -0.2) is 4.79 Å². The molecule has 3 rings (SSSR count). The molecule has 0 aliphatic rings. The Balaban J connectivity index is 1.72. The monoisotopic (exact) mass is 330 g/mol. The van der Waals surface area contributed by atoms with E-state index in [0.29, 0.717) is 6.54 Å². The first kappa shape index (κ1) is 15.4. The topological polar surface area (TPSA) is 72.1 Å². The van der Waals surface area contributed by atoms with Crippen LogP contribution in [0, 0.1) is 13.8 Å². The van der Waals surface area contributed by atoms with Crippen LogP contribution in [0.1, 0.15) is 23.2 Å². The van der Waals surface area contributed by atoms with E-state index in [1.165, 1.54) is 11.3 Å². The van der Waals surface area contributed by atoms with Crippen molar-refractivity contribution in [1.29, 1.82) is 0 Å². The number of anilines is 1. The second-order valence-electron chi connectivity index (χ2n) is 5.22. The maximum Gasteiger partial charge on any atom is 0.319 e. The molecule has 1 atom stereocenters. The third-order valence-electron chi connectivity index (χ3n) is 3.43. The predicted molar refractivity (Wildman–Crippen MR) is 89.9 cm³/mol. The van der Waals surface area contributed by atoms with E-state index in [2.05, 4.69) is 15.7 Å². The van der Waals surface area contributed by atoms with E-state index in [0.717, 1.165) is 22.1 Å². The fourth-order valence-corrected chi connectivity index (χ4v) is 3.06. The SMILES string of the molecule is Cc1cc(C)n([C@H](CNC(=O)Nc2cccs2)c2ccco2)n1. The largest absolute Gasteiger partial charge is 0.467 e. The van der Waals surface area contributed by atoms with E-state index in [1.54, 1.807) is 6.26 Å². The van der Waals surface area contributed by atoms with E-state index in [1.807, 2.05) is 54.2 Å². The number of hydrogen-bond acceptors (Lipinski definition) is 4. The minimum atomic E-state index is -0.245. The van der Waals surface area contributed by atoms with Gasteiger partial charge in [0.15, 0.2) is 0 Å². The quantitative estimate of drug-likeness (QED) is 0.751. The summed E-state index contributed by atoms with van der Waals surface area (Å²) >= 11 is 1.48. The van der Waals surface area contributed by atoms with Gasteiger partial charge in [-0.15, -0.1) is 11.3 Å². The highest BCUT2D eigenvalue weighted by molar-refractivity contribution is 7.14. The van der Waals surface area contributed by atoms with Crippen molar-refractivity contribution in [1.82, 2.24) is 15.1 Å². The number of nitrogens with zero attached hydrogens (tertiary/aromatic N) is 2. The molecule has 3 aromatic heterocycles. The van der Waals surface area contributed by atoms with Gasteiger partial charge in [-0.05, 0) is 49.6 Å². The van der Waals surface area contributed by atoms with Gasteiger partial charge in [0, 0.05) is 12.2 Å². The lowest BCUT2D eigenvalue weighted by Gasteiger charge is -2.18. The number of rotatable bonds is 5. The molecular formula is C16H18N4O2S. The van der Waals surface area contributed by atoms with E-state index in [-0.39, 0.29) is 12.1 Å². The van der Waals surface area contributed by atoms with Crippen LogP contribution in [-0.4, -0.2) is 22.4 Å². The van der Waals surface area contributed by atoms with E-state index < -0.39 is 0 Å². The summed E-state index contributed by atoms with van der Waals surface area (Å²) in [7, 11) is 0. The van der Waals surface area contributed by atoms with Crippen LogP contribution in [0.15, 0.2) is 46.4 Å². The van der Waals surface area contributed by atoms with Crippen LogP contribution in [0.2, 0.25) is 0 Å². The summed E-state index contributed by atoms with van der Waals surface area (Å²) in [6, 6.07) is 9.04. The molecule has 23 heavy (non-hydrogen) atoms. The summed E-state index contributed by atoms with van der Waals surface area (Å²) in [5, 5.41) is 12.9. The van der Waals surface area contributed by atoms with Crippen molar-refractivity contribution in [2.45, 2.75) is 19.9 Å². The maximum atomic E-state index is 12.0. The second-order valence-corrected chi connectivity index (χ2v) is 6.16. The van der Waals surface area contributed by atoms with Crippen LogP contribution < -0.4 is 10.6 Å². The third kappa shape index (κ3) is 3.62. The summed E-state index contributed by atoms with van der Waals surface area (Å²) in [6.45, 7) is 4.31. The van der Waals surface area contributed by atoms with Gasteiger partial charge in [0.1, 0.15) is 11.8 Å². The predicted octanol–water partition coefficient (Wildman–Crippen LogP) is 3.57. The number of carbonyl (C=O) groups is 1. The molecule has 0 aromatic carbocycles. The Morgan fingerprint density at radius 3 is 2.87 bits per heavy atom. The maximum absolute atomic E-state index is 12.0. The number of aryl methyl sites for hydroxylation is 2. The summed E-state index contributed by atoms with van der Waals surface area (Å²) in [5.41, 5.74) is 1.95. The smallest absolute Gasteiger partial charge is 0.319 e. The number of amides is 2. The second kappa shape index (κ2) is 6.70. The molecule has 0 fully saturated rings. The minimum Gasteiger partial charge on any atom is -0.467 e. The Morgan fingerprint density at radius 2 is 2.26 bits per heavy atom.